The summed E-state index contributed by atoms with van der Waals surface area (Å²) in [5.74, 6) is -0.0181. The molecule has 0 spiro atoms. The van der Waals surface area contributed by atoms with E-state index in [0.717, 1.165) is 0 Å². The maximum absolute atomic E-state index is 12.3. The fraction of sp³-hybridized carbons (Fsp3) is 0.692. The minimum atomic E-state index is -0.550. The summed E-state index contributed by atoms with van der Waals surface area (Å²) in [6, 6.07) is 0. The van der Waals surface area contributed by atoms with Gasteiger partial charge in [-0.15, -0.1) is 5.10 Å². The zero-order valence-corrected chi connectivity index (χ0v) is 12.7. The lowest BCUT2D eigenvalue weighted by Crippen LogP contribution is -2.41. The van der Waals surface area contributed by atoms with Gasteiger partial charge in [-0.1, -0.05) is 34.6 Å². The summed E-state index contributed by atoms with van der Waals surface area (Å²) < 4.78 is 0. The van der Waals surface area contributed by atoms with Gasteiger partial charge in [0.1, 0.15) is 5.82 Å². The van der Waals surface area contributed by atoms with Crippen molar-refractivity contribution in [3.8, 4) is 0 Å². The third kappa shape index (κ3) is 4.32. The molecule has 0 aliphatic rings. The number of nitrogens with two attached hydrogens (primary N) is 1. The first kappa shape index (κ1) is 16.1. The lowest BCUT2D eigenvalue weighted by atomic mass is 9.96. The van der Waals surface area contributed by atoms with Crippen molar-refractivity contribution in [1.82, 2.24) is 20.1 Å². The summed E-state index contributed by atoms with van der Waals surface area (Å²) in [4.78, 5) is 29.0. The van der Waals surface area contributed by atoms with Crippen molar-refractivity contribution < 1.29 is 9.59 Å². The number of aromatic amines is 1. The van der Waals surface area contributed by atoms with Crippen LogP contribution in [0.3, 0.4) is 0 Å². The van der Waals surface area contributed by atoms with Crippen molar-refractivity contribution in [1.29, 1.82) is 0 Å². The Balaban J connectivity index is 2.94. The Bertz CT molecular complexity index is 487. The largest absolute Gasteiger partial charge is 0.368 e. The van der Waals surface area contributed by atoms with E-state index >= 15 is 0 Å². The highest BCUT2D eigenvalue weighted by molar-refractivity contribution is 5.93. The number of carbonyl (C=O) groups excluding carboxylic acids is 2. The molecule has 3 N–H and O–H groups in total. The zero-order valence-electron chi connectivity index (χ0n) is 12.7. The van der Waals surface area contributed by atoms with Gasteiger partial charge in [0.05, 0.1) is 6.54 Å². The molecule has 0 aliphatic carbocycles. The second kappa shape index (κ2) is 6.02. The SMILES string of the molecule is CC(C)CN(CC(N)=O)C(=O)c1n[nH]c(C(C)(C)C)n1. The van der Waals surface area contributed by atoms with Gasteiger partial charge in [0.25, 0.3) is 5.91 Å². The van der Waals surface area contributed by atoms with Crippen molar-refractivity contribution >= 4 is 11.8 Å². The normalized spacial score (nSPS) is 11.7. The molecular weight excluding hydrogens is 258 g/mol. The number of amides is 2. The van der Waals surface area contributed by atoms with E-state index in [0.29, 0.717) is 12.4 Å². The van der Waals surface area contributed by atoms with Gasteiger partial charge in [-0.05, 0) is 5.92 Å². The quantitative estimate of drug-likeness (QED) is 0.828. The molecule has 1 rings (SSSR count). The molecule has 0 fully saturated rings. The van der Waals surface area contributed by atoms with Crippen LogP contribution in [0.1, 0.15) is 51.1 Å². The Kier molecular flexibility index (Phi) is 4.86. The maximum atomic E-state index is 12.3. The molecule has 1 aromatic rings. The first-order valence-electron chi connectivity index (χ1n) is 6.61. The fourth-order valence-corrected chi connectivity index (χ4v) is 1.68. The van der Waals surface area contributed by atoms with E-state index in [1.165, 1.54) is 4.90 Å². The molecule has 0 radical (unpaired) electrons. The van der Waals surface area contributed by atoms with Gasteiger partial charge in [-0.3, -0.25) is 14.7 Å². The Hall–Kier alpha value is -1.92. The number of nitrogens with zero attached hydrogens (tertiary/aromatic N) is 3. The van der Waals surface area contributed by atoms with Crippen LogP contribution in [0.15, 0.2) is 0 Å². The standard InChI is InChI=1S/C13H23N5O2/c1-8(2)6-18(7-9(14)19)11(20)10-15-12(17-16-10)13(3,4)5/h8H,6-7H2,1-5H3,(H2,14,19)(H,15,16,17). The minimum absolute atomic E-state index is 0.0665. The third-order valence-electron chi connectivity index (χ3n) is 2.61. The zero-order chi connectivity index (χ0) is 15.5. The number of carbonyl (C=O) groups is 2. The van der Waals surface area contributed by atoms with Gasteiger partial charge in [0, 0.05) is 12.0 Å². The van der Waals surface area contributed by atoms with Crippen molar-refractivity contribution in [3.05, 3.63) is 11.6 Å². The number of hydrogen-bond donors (Lipinski definition) is 2. The van der Waals surface area contributed by atoms with Crippen molar-refractivity contribution in [2.45, 2.75) is 40.0 Å². The molecule has 112 valence electrons. The van der Waals surface area contributed by atoms with Crippen LogP contribution in [-0.4, -0.2) is 45.0 Å². The van der Waals surface area contributed by atoms with Crippen LogP contribution in [0, 0.1) is 5.92 Å². The first-order chi connectivity index (χ1) is 9.11. The van der Waals surface area contributed by atoms with Crippen LogP contribution in [0.4, 0.5) is 0 Å². The number of hydrogen-bond acceptors (Lipinski definition) is 4. The highest BCUT2D eigenvalue weighted by Crippen LogP contribution is 2.17. The van der Waals surface area contributed by atoms with Gasteiger partial charge >= 0.3 is 0 Å². The Morgan fingerprint density at radius 1 is 1.35 bits per heavy atom. The van der Waals surface area contributed by atoms with Crippen LogP contribution < -0.4 is 5.73 Å². The predicted molar refractivity (Wildman–Crippen MR) is 75.0 cm³/mol. The van der Waals surface area contributed by atoms with Crippen LogP contribution in [0.2, 0.25) is 0 Å². The topological polar surface area (TPSA) is 105 Å². The van der Waals surface area contributed by atoms with Gasteiger partial charge < -0.3 is 10.6 Å². The molecular formula is C13H23N5O2. The number of H-pyrrole nitrogens is 1. The van der Waals surface area contributed by atoms with Gasteiger partial charge in [0.2, 0.25) is 11.7 Å². The van der Waals surface area contributed by atoms with Crippen LogP contribution in [-0.2, 0) is 10.2 Å². The molecule has 2 amide bonds. The summed E-state index contributed by atoms with van der Waals surface area (Å²) >= 11 is 0. The summed E-state index contributed by atoms with van der Waals surface area (Å²) in [5.41, 5.74) is 4.95. The van der Waals surface area contributed by atoms with Gasteiger partial charge in [0.15, 0.2) is 0 Å². The molecule has 7 nitrogen and oxygen atoms in total. The highest BCUT2D eigenvalue weighted by Gasteiger charge is 2.25. The van der Waals surface area contributed by atoms with Gasteiger partial charge in [-0.25, -0.2) is 4.98 Å². The van der Waals surface area contributed by atoms with Crippen molar-refractivity contribution in [2.24, 2.45) is 11.7 Å². The minimum Gasteiger partial charge on any atom is -0.368 e. The first-order valence-corrected chi connectivity index (χ1v) is 6.61. The van der Waals surface area contributed by atoms with E-state index in [4.69, 9.17) is 5.73 Å². The van der Waals surface area contributed by atoms with Gasteiger partial charge in [-0.2, -0.15) is 0 Å². The second-order valence-corrected chi connectivity index (χ2v) is 6.30. The van der Waals surface area contributed by atoms with Crippen molar-refractivity contribution in [2.75, 3.05) is 13.1 Å². The summed E-state index contributed by atoms with van der Waals surface area (Å²) in [7, 11) is 0. The molecule has 1 aromatic heterocycles. The van der Waals surface area contributed by atoms with E-state index in [2.05, 4.69) is 15.2 Å². The van der Waals surface area contributed by atoms with E-state index in [1.54, 1.807) is 0 Å². The molecule has 0 aliphatic heterocycles. The molecule has 0 atom stereocenters. The summed E-state index contributed by atoms with van der Waals surface area (Å²) in [5, 5.41) is 6.70. The Labute approximate surface area is 118 Å². The molecule has 0 unspecified atom stereocenters. The fourth-order valence-electron chi connectivity index (χ4n) is 1.68. The lowest BCUT2D eigenvalue weighted by molar-refractivity contribution is -0.118. The molecule has 0 saturated heterocycles. The highest BCUT2D eigenvalue weighted by atomic mass is 16.2. The monoisotopic (exact) mass is 281 g/mol. The van der Waals surface area contributed by atoms with E-state index in [-0.39, 0.29) is 29.6 Å². The van der Waals surface area contributed by atoms with Crippen LogP contribution in [0.5, 0.6) is 0 Å². The Morgan fingerprint density at radius 2 is 1.95 bits per heavy atom. The smallest absolute Gasteiger partial charge is 0.294 e. The molecule has 0 bridgehead atoms. The molecule has 0 saturated carbocycles. The number of aromatic nitrogens is 3. The number of primary amides is 1. The molecule has 20 heavy (non-hydrogen) atoms. The summed E-state index contributed by atoms with van der Waals surface area (Å²) in [6.07, 6.45) is 0. The Morgan fingerprint density at radius 3 is 2.35 bits per heavy atom. The molecule has 0 aromatic carbocycles. The van der Waals surface area contributed by atoms with Crippen molar-refractivity contribution in [3.63, 3.8) is 0 Å². The predicted octanol–water partition coefficient (Wildman–Crippen LogP) is 0.686. The van der Waals surface area contributed by atoms with E-state index in [1.807, 2.05) is 34.6 Å². The van der Waals surface area contributed by atoms with E-state index in [9.17, 15) is 9.59 Å². The molecule has 7 heteroatoms. The number of nitrogens with one attached hydrogen (secondary N) is 1. The average Bonchev–Trinajstić information content (AvgIpc) is 2.74. The average molecular weight is 281 g/mol. The van der Waals surface area contributed by atoms with E-state index < -0.39 is 5.91 Å². The van der Waals surface area contributed by atoms with Crippen LogP contribution in [0.25, 0.3) is 0 Å². The third-order valence-corrected chi connectivity index (χ3v) is 2.61. The maximum Gasteiger partial charge on any atom is 0.294 e. The lowest BCUT2D eigenvalue weighted by Gasteiger charge is -2.21. The number of rotatable bonds is 5. The van der Waals surface area contributed by atoms with Crippen LogP contribution >= 0.6 is 0 Å². The summed E-state index contributed by atoms with van der Waals surface area (Å²) in [6.45, 7) is 10.1. The molecule has 1 heterocycles. The second-order valence-electron chi connectivity index (χ2n) is 6.30.